The van der Waals surface area contributed by atoms with Gasteiger partial charge in [0, 0.05) is 11.6 Å². The number of fused-ring (bicyclic) bond motifs is 1. The number of carbonyl (C=O) groups is 2. The second-order valence-corrected chi connectivity index (χ2v) is 4.95. The molecule has 0 saturated carbocycles. The largest absolute Gasteiger partial charge is 0.481 e. The third-order valence-electron chi connectivity index (χ3n) is 2.64. The van der Waals surface area contributed by atoms with E-state index in [0.717, 1.165) is 15.6 Å². The van der Waals surface area contributed by atoms with Crippen molar-refractivity contribution < 1.29 is 14.7 Å². The fourth-order valence-electron chi connectivity index (χ4n) is 1.93. The van der Waals surface area contributed by atoms with Gasteiger partial charge in [-0.2, -0.15) is 0 Å². The van der Waals surface area contributed by atoms with E-state index < -0.39 is 12.0 Å². The zero-order chi connectivity index (χ0) is 13.1. The summed E-state index contributed by atoms with van der Waals surface area (Å²) in [7, 11) is 0. The maximum absolute atomic E-state index is 11.2. The van der Waals surface area contributed by atoms with Gasteiger partial charge in [-0.05, 0) is 22.4 Å². The van der Waals surface area contributed by atoms with Gasteiger partial charge in [0.2, 0.25) is 5.91 Å². The van der Waals surface area contributed by atoms with Crippen LogP contribution in [0.4, 0.5) is 0 Å². The lowest BCUT2D eigenvalue weighted by Crippen LogP contribution is -2.27. The molecule has 1 aromatic heterocycles. The molecule has 5 heteroatoms. The molecule has 18 heavy (non-hydrogen) atoms. The van der Waals surface area contributed by atoms with E-state index in [4.69, 9.17) is 5.11 Å². The van der Waals surface area contributed by atoms with Crippen LogP contribution in [0.25, 0.3) is 10.1 Å². The monoisotopic (exact) mass is 263 g/mol. The summed E-state index contributed by atoms with van der Waals surface area (Å²) in [6.45, 7) is 1.39. The summed E-state index contributed by atoms with van der Waals surface area (Å²) in [6, 6.07) is 7.29. The summed E-state index contributed by atoms with van der Waals surface area (Å²) in [4.78, 5) is 22.0. The molecule has 2 rings (SSSR count). The highest BCUT2D eigenvalue weighted by Crippen LogP contribution is 2.31. The number of aliphatic carboxylic acids is 1. The fraction of sp³-hybridized carbons (Fsp3) is 0.231. The molecule has 0 fully saturated rings. The Bertz CT molecular complexity index is 575. The van der Waals surface area contributed by atoms with Crippen molar-refractivity contribution in [1.82, 2.24) is 5.32 Å². The normalized spacial score (nSPS) is 12.3. The Morgan fingerprint density at radius 3 is 2.78 bits per heavy atom. The first-order valence-corrected chi connectivity index (χ1v) is 6.41. The molecule has 1 heterocycles. The highest BCUT2D eigenvalue weighted by Gasteiger charge is 2.19. The summed E-state index contributed by atoms with van der Waals surface area (Å²) < 4.78 is 1.09. The zero-order valence-electron chi connectivity index (χ0n) is 9.84. The van der Waals surface area contributed by atoms with E-state index in [2.05, 4.69) is 5.32 Å². The number of benzene rings is 1. The summed E-state index contributed by atoms with van der Waals surface area (Å²) >= 11 is 1.55. The molecule has 0 saturated heterocycles. The summed E-state index contributed by atoms with van der Waals surface area (Å²) in [5, 5.41) is 14.5. The van der Waals surface area contributed by atoms with Gasteiger partial charge < -0.3 is 10.4 Å². The molecule has 0 bridgehead atoms. The van der Waals surface area contributed by atoms with E-state index in [1.807, 2.05) is 29.6 Å². The first-order valence-electron chi connectivity index (χ1n) is 5.53. The topological polar surface area (TPSA) is 66.4 Å². The summed E-state index contributed by atoms with van der Waals surface area (Å²) in [5.74, 6) is -1.15. The van der Waals surface area contributed by atoms with Crippen molar-refractivity contribution in [2.24, 2.45) is 0 Å². The van der Waals surface area contributed by atoms with Gasteiger partial charge in [-0.25, -0.2) is 0 Å². The first-order chi connectivity index (χ1) is 8.58. The zero-order valence-corrected chi connectivity index (χ0v) is 10.7. The lowest BCUT2D eigenvalue weighted by Gasteiger charge is -2.15. The Kier molecular flexibility index (Phi) is 3.62. The van der Waals surface area contributed by atoms with E-state index in [9.17, 15) is 9.59 Å². The van der Waals surface area contributed by atoms with Gasteiger partial charge in [0.15, 0.2) is 0 Å². The smallest absolute Gasteiger partial charge is 0.305 e. The van der Waals surface area contributed by atoms with Crippen molar-refractivity contribution in [3.63, 3.8) is 0 Å². The Balaban J connectivity index is 2.40. The third-order valence-corrected chi connectivity index (χ3v) is 3.62. The fourth-order valence-corrected chi connectivity index (χ4v) is 2.94. The van der Waals surface area contributed by atoms with E-state index in [0.29, 0.717) is 0 Å². The Morgan fingerprint density at radius 1 is 1.39 bits per heavy atom. The number of nitrogens with one attached hydrogen (secondary N) is 1. The molecule has 1 aromatic carbocycles. The predicted molar refractivity (Wildman–Crippen MR) is 70.6 cm³/mol. The van der Waals surface area contributed by atoms with Crippen LogP contribution in [-0.2, 0) is 9.59 Å². The molecular formula is C13H13NO3S. The molecule has 1 atom stereocenters. The molecule has 1 unspecified atom stereocenters. The van der Waals surface area contributed by atoms with E-state index in [1.165, 1.54) is 6.92 Å². The quantitative estimate of drug-likeness (QED) is 0.890. The van der Waals surface area contributed by atoms with Crippen LogP contribution >= 0.6 is 11.3 Å². The van der Waals surface area contributed by atoms with Crippen LogP contribution in [0.5, 0.6) is 0 Å². The minimum absolute atomic E-state index is 0.111. The molecule has 0 spiro atoms. The Hall–Kier alpha value is -1.88. The first kappa shape index (κ1) is 12.6. The lowest BCUT2D eigenvalue weighted by molar-refractivity contribution is -0.137. The van der Waals surface area contributed by atoms with Gasteiger partial charge in [0.25, 0.3) is 0 Å². The number of hydrogen-bond acceptors (Lipinski definition) is 3. The molecular weight excluding hydrogens is 250 g/mol. The standard InChI is InChI=1S/C13H13NO3S/c1-8(15)14-11(6-13(16)17)10-7-18-12-5-3-2-4-9(10)12/h2-5,7,11H,6H2,1H3,(H,14,15)(H,16,17). The molecule has 94 valence electrons. The van der Waals surface area contributed by atoms with E-state index >= 15 is 0 Å². The highest BCUT2D eigenvalue weighted by molar-refractivity contribution is 7.17. The van der Waals surface area contributed by atoms with Gasteiger partial charge in [-0.1, -0.05) is 18.2 Å². The Morgan fingerprint density at radius 2 is 2.11 bits per heavy atom. The van der Waals surface area contributed by atoms with Gasteiger partial charge in [-0.3, -0.25) is 9.59 Å². The molecule has 2 N–H and O–H groups in total. The second kappa shape index (κ2) is 5.18. The maximum atomic E-state index is 11.2. The van der Waals surface area contributed by atoms with E-state index in [-0.39, 0.29) is 12.3 Å². The van der Waals surface area contributed by atoms with Crippen LogP contribution in [-0.4, -0.2) is 17.0 Å². The molecule has 4 nitrogen and oxygen atoms in total. The molecule has 0 radical (unpaired) electrons. The Labute approximate surface area is 108 Å². The summed E-state index contributed by atoms with van der Waals surface area (Å²) in [6.07, 6.45) is -0.111. The summed E-state index contributed by atoms with van der Waals surface area (Å²) in [5.41, 5.74) is 0.869. The van der Waals surface area contributed by atoms with Crippen LogP contribution < -0.4 is 5.32 Å². The van der Waals surface area contributed by atoms with Crippen molar-refractivity contribution >= 4 is 33.3 Å². The van der Waals surface area contributed by atoms with Crippen molar-refractivity contribution in [2.45, 2.75) is 19.4 Å². The number of hydrogen-bond donors (Lipinski definition) is 2. The van der Waals surface area contributed by atoms with Crippen LogP contribution in [0.2, 0.25) is 0 Å². The molecule has 0 aliphatic rings. The average Bonchev–Trinajstić information content (AvgIpc) is 2.70. The number of amides is 1. The maximum Gasteiger partial charge on any atom is 0.305 e. The van der Waals surface area contributed by atoms with Crippen LogP contribution in [0.15, 0.2) is 29.6 Å². The predicted octanol–water partition coefficient (Wildman–Crippen LogP) is 2.55. The molecule has 0 aliphatic carbocycles. The van der Waals surface area contributed by atoms with Crippen LogP contribution in [0, 0.1) is 0 Å². The van der Waals surface area contributed by atoms with Crippen molar-refractivity contribution in [2.75, 3.05) is 0 Å². The second-order valence-electron chi connectivity index (χ2n) is 4.04. The van der Waals surface area contributed by atoms with Gasteiger partial charge >= 0.3 is 5.97 Å². The lowest BCUT2D eigenvalue weighted by atomic mass is 10.0. The van der Waals surface area contributed by atoms with Crippen molar-refractivity contribution in [3.8, 4) is 0 Å². The number of rotatable bonds is 4. The number of carbonyl (C=O) groups excluding carboxylic acids is 1. The van der Waals surface area contributed by atoms with Crippen LogP contribution in [0.3, 0.4) is 0 Å². The van der Waals surface area contributed by atoms with Crippen LogP contribution in [0.1, 0.15) is 24.9 Å². The molecule has 2 aromatic rings. The molecule has 1 amide bonds. The third kappa shape index (κ3) is 2.68. The number of carboxylic acid groups (broad SMARTS) is 1. The van der Waals surface area contributed by atoms with E-state index in [1.54, 1.807) is 11.3 Å². The molecule has 0 aliphatic heterocycles. The number of thiophene rings is 1. The van der Waals surface area contributed by atoms with Crippen molar-refractivity contribution in [3.05, 3.63) is 35.2 Å². The number of carboxylic acids is 1. The van der Waals surface area contributed by atoms with Crippen molar-refractivity contribution in [1.29, 1.82) is 0 Å². The van der Waals surface area contributed by atoms with Gasteiger partial charge in [0.05, 0.1) is 12.5 Å². The minimum atomic E-state index is -0.927. The average molecular weight is 263 g/mol. The van der Waals surface area contributed by atoms with Gasteiger partial charge in [0.1, 0.15) is 0 Å². The highest BCUT2D eigenvalue weighted by atomic mass is 32.1. The SMILES string of the molecule is CC(=O)NC(CC(=O)O)c1csc2ccccc12. The minimum Gasteiger partial charge on any atom is -0.481 e. The van der Waals surface area contributed by atoms with Gasteiger partial charge in [-0.15, -0.1) is 11.3 Å².